The van der Waals surface area contributed by atoms with E-state index in [0.29, 0.717) is 6.04 Å². The highest BCUT2D eigenvalue weighted by Gasteiger charge is 2.44. The van der Waals surface area contributed by atoms with Gasteiger partial charge in [-0.25, -0.2) is 5.43 Å². The van der Waals surface area contributed by atoms with Gasteiger partial charge in [0.25, 0.3) is 0 Å². The number of hydrogen-bond donors (Lipinski definition) is 6. The smallest absolute Gasteiger partial charge is 0.240 e. The molecule has 6 atom stereocenters. The normalized spacial score (nSPS) is 33.5. The summed E-state index contributed by atoms with van der Waals surface area (Å²) < 4.78 is 0. The second kappa shape index (κ2) is 8.70. The van der Waals surface area contributed by atoms with Crippen LogP contribution in [0.2, 0.25) is 0 Å². The number of hydrogen-bond acceptors (Lipinski definition) is 7. The fourth-order valence-corrected chi connectivity index (χ4v) is 5.52. The van der Waals surface area contributed by atoms with E-state index < -0.39 is 0 Å². The topological polar surface area (TPSA) is 116 Å². The van der Waals surface area contributed by atoms with Gasteiger partial charge in [-0.15, -0.1) is 0 Å². The number of fused-ring (bicyclic) bond motifs is 2. The quantitative estimate of drug-likeness (QED) is 0.439. The predicted octanol–water partition coefficient (Wildman–Crippen LogP) is 1.33. The Labute approximate surface area is 183 Å². The SMILES string of the molecule is Cc1ccc(NC2NC(N[C@@H]3CCCC[C@@H]3N)CC3CNNC(=O)C32)c2cccnc12. The summed E-state index contributed by atoms with van der Waals surface area (Å²) in [5.41, 5.74) is 15.4. The number of piperidine rings is 1. The molecule has 1 amide bonds. The molecule has 3 aliphatic rings. The summed E-state index contributed by atoms with van der Waals surface area (Å²) in [7, 11) is 0. The van der Waals surface area contributed by atoms with E-state index in [1.54, 1.807) is 0 Å². The van der Waals surface area contributed by atoms with E-state index in [4.69, 9.17) is 5.73 Å². The molecule has 3 heterocycles. The number of hydrazine groups is 1. The van der Waals surface area contributed by atoms with E-state index in [9.17, 15) is 4.79 Å². The molecule has 31 heavy (non-hydrogen) atoms. The molecule has 166 valence electrons. The summed E-state index contributed by atoms with van der Waals surface area (Å²) in [6.07, 6.45) is 7.25. The summed E-state index contributed by atoms with van der Waals surface area (Å²) in [6, 6.07) is 8.71. The zero-order chi connectivity index (χ0) is 21.4. The fraction of sp³-hybridized carbons (Fsp3) is 0.565. The molecule has 2 aromatic rings. The van der Waals surface area contributed by atoms with Crippen molar-refractivity contribution in [3.05, 3.63) is 36.0 Å². The van der Waals surface area contributed by atoms with Gasteiger partial charge in [-0.3, -0.25) is 25.8 Å². The third kappa shape index (κ3) is 4.13. The first-order valence-corrected chi connectivity index (χ1v) is 11.5. The van der Waals surface area contributed by atoms with Gasteiger partial charge in [-0.05, 0) is 55.9 Å². The van der Waals surface area contributed by atoms with Gasteiger partial charge in [0, 0.05) is 35.9 Å². The number of carbonyl (C=O) groups is 1. The average molecular weight is 424 g/mol. The van der Waals surface area contributed by atoms with Crippen LogP contribution in [0.1, 0.15) is 37.7 Å². The van der Waals surface area contributed by atoms with Crippen molar-refractivity contribution in [1.82, 2.24) is 26.5 Å². The Kier molecular flexibility index (Phi) is 5.79. The van der Waals surface area contributed by atoms with Crippen molar-refractivity contribution < 1.29 is 4.79 Å². The molecule has 0 radical (unpaired) electrons. The van der Waals surface area contributed by atoms with Crippen molar-refractivity contribution in [2.24, 2.45) is 17.6 Å². The molecule has 7 N–H and O–H groups in total. The first-order chi connectivity index (χ1) is 15.1. The zero-order valence-corrected chi connectivity index (χ0v) is 18.0. The third-order valence-corrected chi connectivity index (χ3v) is 7.18. The summed E-state index contributed by atoms with van der Waals surface area (Å²) in [4.78, 5) is 17.3. The van der Waals surface area contributed by atoms with Crippen molar-refractivity contribution in [3.8, 4) is 0 Å². The molecular weight excluding hydrogens is 390 g/mol. The minimum Gasteiger partial charge on any atom is -0.368 e. The lowest BCUT2D eigenvalue weighted by atomic mass is 9.80. The van der Waals surface area contributed by atoms with E-state index in [-0.39, 0.29) is 36.1 Å². The maximum absolute atomic E-state index is 12.8. The molecule has 1 aromatic carbocycles. The Hall–Kier alpha value is -2.26. The molecule has 3 fully saturated rings. The summed E-state index contributed by atoms with van der Waals surface area (Å²) >= 11 is 0. The molecule has 8 nitrogen and oxygen atoms in total. The van der Waals surface area contributed by atoms with E-state index >= 15 is 0 Å². The summed E-state index contributed by atoms with van der Waals surface area (Å²) in [5.74, 6) is 0.107. The number of rotatable bonds is 4. The molecule has 0 spiro atoms. The van der Waals surface area contributed by atoms with Gasteiger partial charge in [0.15, 0.2) is 0 Å². The van der Waals surface area contributed by atoms with Gasteiger partial charge in [0.2, 0.25) is 5.91 Å². The molecule has 0 bridgehead atoms. The van der Waals surface area contributed by atoms with Crippen LogP contribution in [-0.4, -0.2) is 41.9 Å². The average Bonchev–Trinajstić information content (AvgIpc) is 2.77. The van der Waals surface area contributed by atoms with Gasteiger partial charge >= 0.3 is 0 Å². The van der Waals surface area contributed by atoms with Gasteiger partial charge in [-0.2, -0.15) is 0 Å². The molecule has 8 heteroatoms. The highest BCUT2D eigenvalue weighted by atomic mass is 16.2. The highest BCUT2D eigenvalue weighted by molar-refractivity contribution is 5.93. The van der Waals surface area contributed by atoms with Crippen LogP contribution in [0.4, 0.5) is 5.69 Å². The van der Waals surface area contributed by atoms with E-state index in [1.165, 1.54) is 12.8 Å². The highest BCUT2D eigenvalue weighted by Crippen LogP contribution is 2.32. The first-order valence-electron chi connectivity index (χ1n) is 11.5. The zero-order valence-electron chi connectivity index (χ0n) is 18.0. The van der Waals surface area contributed by atoms with Crippen molar-refractivity contribution in [2.45, 2.75) is 63.4 Å². The monoisotopic (exact) mass is 423 g/mol. The molecule has 5 rings (SSSR count). The van der Waals surface area contributed by atoms with Crippen molar-refractivity contribution in [2.75, 3.05) is 11.9 Å². The number of amides is 1. The molecule has 1 saturated carbocycles. The van der Waals surface area contributed by atoms with Crippen LogP contribution in [0.5, 0.6) is 0 Å². The number of benzene rings is 1. The molecule has 1 aromatic heterocycles. The number of aryl methyl sites for hydroxylation is 1. The van der Waals surface area contributed by atoms with Crippen molar-refractivity contribution in [3.63, 3.8) is 0 Å². The Morgan fingerprint density at radius 2 is 2.06 bits per heavy atom. The Morgan fingerprint density at radius 1 is 1.19 bits per heavy atom. The second-order valence-corrected chi connectivity index (χ2v) is 9.28. The molecule has 4 unspecified atom stereocenters. The third-order valence-electron chi connectivity index (χ3n) is 7.18. The van der Waals surface area contributed by atoms with Crippen LogP contribution in [0.25, 0.3) is 10.9 Å². The largest absolute Gasteiger partial charge is 0.368 e. The fourth-order valence-electron chi connectivity index (χ4n) is 5.52. The minimum atomic E-state index is -0.190. The van der Waals surface area contributed by atoms with Crippen LogP contribution in [0.15, 0.2) is 30.5 Å². The number of pyridine rings is 1. The number of aromatic nitrogens is 1. The van der Waals surface area contributed by atoms with E-state index in [0.717, 1.165) is 48.0 Å². The molecule has 2 aliphatic heterocycles. The lowest BCUT2D eigenvalue weighted by Gasteiger charge is -2.46. The van der Waals surface area contributed by atoms with Crippen molar-refractivity contribution >= 4 is 22.5 Å². The Morgan fingerprint density at radius 3 is 2.94 bits per heavy atom. The lowest BCUT2D eigenvalue weighted by molar-refractivity contribution is -0.133. The summed E-state index contributed by atoms with van der Waals surface area (Å²) in [5, 5.41) is 12.2. The number of anilines is 1. The van der Waals surface area contributed by atoms with Gasteiger partial charge in [0.1, 0.15) is 0 Å². The minimum absolute atomic E-state index is 0.0311. The predicted molar refractivity (Wildman–Crippen MR) is 122 cm³/mol. The first kappa shape index (κ1) is 20.6. The summed E-state index contributed by atoms with van der Waals surface area (Å²) in [6.45, 7) is 2.84. The van der Waals surface area contributed by atoms with Crippen molar-refractivity contribution in [1.29, 1.82) is 0 Å². The molecule has 2 saturated heterocycles. The number of nitrogens with one attached hydrogen (secondary N) is 5. The second-order valence-electron chi connectivity index (χ2n) is 9.28. The van der Waals surface area contributed by atoms with Crippen LogP contribution in [0, 0.1) is 18.8 Å². The van der Waals surface area contributed by atoms with Crippen LogP contribution >= 0.6 is 0 Å². The number of nitrogens with zero attached hydrogens (tertiary/aromatic N) is 1. The van der Waals surface area contributed by atoms with Crippen LogP contribution in [0.3, 0.4) is 0 Å². The van der Waals surface area contributed by atoms with Gasteiger partial charge in [-0.1, -0.05) is 18.9 Å². The standard InChI is InChI=1S/C23H33N7O/c1-13-8-9-17(15-5-4-10-25-21(13)15)28-22-20-14(12-26-30-23(20)31)11-19(29-22)27-18-7-3-2-6-16(18)24/h4-5,8-10,14,16,18-20,22,26-29H,2-3,6-7,11-12,24H2,1H3,(H,30,31)/t14?,16-,18+,19?,20?,22?/m0/s1. The maximum Gasteiger partial charge on any atom is 0.240 e. The van der Waals surface area contributed by atoms with Gasteiger partial charge < -0.3 is 11.1 Å². The molecule has 1 aliphatic carbocycles. The lowest BCUT2D eigenvalue weighted by Crippen LogP contribution is -2.69. The van der Waals surface area contributed by atoms with Gasteiger partial charge in [0.05, 0.1) is 23.8 Å². The Balaban J connectivity index is 1.41. The number of carbonyl (C=O) groups excluding carboxylic acids is 1. The van der Waals surface area contributed by atoms with E-state index in [1.807, 2.05) is 12.3 Å². The van der Waals surface area contributed by atoms with Crippen LogP contribution < -0.4 is 32.5 Å². The maximum atomic E-state index is 12.8. The van der Waals surface area contributed by atoms with E-state index in [2.05, 4.69) is 56.9 Å². The Bertz CT molecular complexity index is 951. The number of nitrogens with two attached hydrogens (primary N) is 1. The van der Waals surface area contributed by atoms with Crippen LogP contribution in [-0.2, 0) is 4.79 Å². The molecular formula is C23H33N7O.